The van der Waals surface area contributed by atoms with Gasteiger partial charge in [-0.2, -0.15) is 0 Å². The van der Waals surface area contributed by atoms with E-state index in [1.165, 1.54) is 0 Å². The predicted octanol–water partition coefficient (Wildman–Crippen LogP) is 1.48. The van der Waals surface area contributed by atoms with Crippen molar-refractivity contribution in [3.63, 3.8) is 0 Å². The van der Waals surface area contributed by atoms with E-state index in [4.69, 9.17) is 56.9 Å². The number of rotatable bonds is 34. The highest BCUT2D eigenvalue weighted by Crippen LogP contribution is 2.01. The summed E-state index contributed by atoms with van der Waals surface area (Å²) in [4.78, 5) is 10.3. The molecule has 0 aliphatic rings. The van der Waals surface area contributed by atoms with Crippen molar-refractivity contribution in [2.75, 3.05) is 139 Å². The van der Waals surface area contributed by atoms with Gasteiger partial charge in [-0.3, -0.25) is 4.79 Å². The minimum absolute atomic E-state index is 0.000465. The van der Waals surface area contributed by atoms with Gasteiger partial charge in [0.15, 0.2) is 8.32 Å². The molecule has 0 heterocycles. The lowest BCUT2D eigenvalue weighted by Crippen LogP contribution is -2.27. The number of hydrogen-bond donors (Lipinski definition) is 1. The molecule has 240 valence electrons. The zero-order chi connectivity index (χ0) is 29.4. The van der Waals surface area contributed by atoms with Crippen LogP contribution in [-0.4, -0.2) is 158 Å². The van der Waals surface area contributed by atoms with Gasteiger partial charge >= 0.3 is 5.97 Å². The highest BCUT2D eigenvalue weighted by molar-refractivity contribution is 6.69. The van der Waals surface area contributed by atoms with Crippen molar-refractivity contribution in [2.24, 2.45) is 0 Å². The molecule has 0 aromatic carbocycles. The molecule has 0 fully saturated rings. The van der Waals surface area contributed by atoms with E-state index in [9.17, 15) is 4.79 Å². The van der Waals surface area contributed by atoms with Gasteiger partial charge < -0.3 is 56.9 Å². The van der Waals surface area contributed by atoms with Crippen LogP contribution in [0.2, 0.25) is 19.6 Å². The van der Waals surface area contributed by atoms with Crippen LogP contribution in [0.4, 0.5) is 0 Å². The number of carboxylic acids is 1. The van der Waals surface area contributed by atoms with E-state index in [-0.39, 0.29) is 13.0 Å². The number of ether oxygens (including phenoxy) is 10. The summed E-state index contributed by atoms with van der Waals surface area (Å²) in [6, 6.07) is 0. The Labute approximate surface area is 241 Å². The van der Waals surface area contributed by atoms with Gasteiger partial charge in [-0.25, -0.2) is 0 Å². The molecule has 0 saturated carbocycles. The third kappa shape index (κ3) is 37.2. The molecule has 40 heavy (non-hydrogen) atoms. The van der Waals surface area contributed by atoms with Crippen molar-refractivity contribution in [3.8, 4) is 0 Å². The topological polar surface area (TPSA) is 139 Å². The first-order chi connectivity index (χ1) is 19.4. The molecule has 0 aliphatic heterocycles. The van der Waals surface area contributed by atoms with Crippen molar-refractivity contribution >= 4 is 14.3 Å². The summed E-state index contributed by atoms with van der Waals surface area (Å²) < 4.78 is 59.6. The lowest BCUT2D eigenvalue weighted by Gasteiger charge is -2.16. The number of hydrogen-bond acceptors (Lipinski definition) is 12. The molecule has 0 atom stereocenters. The SMILES string of the molecule is C[Si](C)(C)OCCOCCOCCOCCOCCOCCOCCOCCOCCOCCOCCC(=O)O. The second-order valence-electron chi connectivity index (χ2n) is 9.23. The zero-order valence-corrected chi connectivity index (χ0v) is 25.9. The van der Waals surface area contributed by atoms with Crippen molar-refractivity contribution in [3.05, 3.63) is 0 Å². The van der Waals surface area contributed by atoms with E-state index in [1.54, 1.807) is 0 Å². The van der Waals surface area contributed by atoms with E-state index in [2.05, 4.69) is 19.6 Å². The highest BCUT2D eigenvalue weighted by Gasteiger charge is 2.13. The molecule has 13 nitrogen and oxygen atoms in total. The van der Waals surface area contributed by atoms with E-state index < -0.39 is 14.3 Å². The Balaban J connectivity index is 3.05. The average molecular weight is 603 g/mol. The fraction of sp³-hybridized carbons (Fsp3) is 0.962. The van der Waals surface area contributed by atoms with Crippen LogP contribution in [0.5, 0.6) is 0 Å². The van der Waals surface area contributed by atoms with Crippen molar-refractivity contribution < 1.29 is 61.7 Å². The van der Waals surface area contributed by atoms with Crippen LogP contribution in [0.3, 0.4) is 0 Å². The summed E-state index contributed by atoms with van der Waals surface area (Å²) in [6.45, 7) is 16.7. The molecule has 1 N–H and O–H groups in total. The lowest BCUT2D eigenvalue weighted by molar-refractivity contribution is -0.138. The van der Waals surface area contributed by atoms with Crippen molar-refractivity contribution in [1.82, 2.24) is 0 Å². The molecule has 14 heteroatoms. The van der Waals surface area contributed by atoms with Crippen molar-refractivity contribution in [1.29, 1.82) is 0 Å². The minimum Gasteiger partial charge on any atom is -0.481 e. The van der Waals surface area contributed by atoms with Gasteiger partial charge in [-0.05, 0) is 19.6 Å². The normalized spacial score (nSPS) is 11.9. The van der Waals surface area contributed by atoms with Gasteiger partial charge in [0.1, 0.15) is 0 Å². The standard InChI is InChI=1S/C26H54O13Si/c1-40(2,3)39-25-24-38-23-22-37-21-20-36-19-18-35-17-16-34-15-14-33-13-12-32-11-10-31-9-8-30-7-6-29-5-4-26(27)28/h4-25H2,1-3H3,(H,27,28). The summed E-state index contributed by atoms with van der Waals surface area (Å²) in [5, 5.41) is 8.47. The van der Waals surface area contributed by atoms with Gasteiger partial charge in [0.05, 0.1) is 145 Å². The first kappa shape index (κ1) is 39.2. The summed E-state index contributed by atoms with van der Waals surface area (Å²) in [6.07, 6.45) is 0.000465. The van der Waals surface area contributed by atoms with Crippen LogP contribution in [0.25, 0.3) is 0 Å². The number of aliphatic carboxylic acids is 1. The Bertz CT molecular complexity index is 523. The number of carbonyl (C=O) groups is 1. The fourth-order valence-corrected chi connectivity index (χ4v) is 3.34. The van der Waals surface area contributed by atoms with Gasteiger partial charge in [0.25, 0.3) is 0 Å². The van der Waals surface area contributed by atoms with E-state index >= 15 is 0 Å². The molecule has 0 rings (SSSR count). The van der Waals surface area contributed by atoms with Crippen LogP contribution in [0, 0.1) is 0 Å². The van der Waals surface area contributed by atoms with Gasteiger partial charge in [-0.1, -0.05) is 0 Å². The summed E-state index contributed by atoms with van der Waals surface area (Å²) in [5.41, 5.74) is 0. The minimum atomic E-state index is -1.45. The van der Waals surface area contributed by atoms with Crippen LogP contribution in [0.1, 0.15) is 6.42 Å². The highest BCUT2D eigenvalue weighted by atomic mass is 28.4. The Morgan fingerprint density at radius 2 is 0.600 bits per heavy atom. The fourth-order valence-electron chi connectivity index (χ4n) is 2.65. The van der Waals surface area contributed by atoms with Crippen molar-refractivity contribution in [2.45, 2.75) is 26.1 Å². The Hall–Kier alpha value is -0.753. The second-order valence-corrected chi connectivity index (χ2v) is 13.7. The van der Waals surface area contributed by atoms with E-state index in [0.717, 1.165) is 0 Å². The maximum atomic E-state index is 10.3. The van der Waals surface area contributed by atoms with Gasteiger partial charge in [0.2, 0.25) is 0 Å². The number of carboxylic acid groups (broad SMARTS) is 1. The van der Waals surface area contributed by atoms with Crippen LogP contribution < -0.4 is 0 Å². The quantitative estimate of drug-likeness (QED) is 0.0841. The molecule has 0 aromatic heterocycles. The predicted molar refractivity (Wildman–Crippen MR) is 150 cm³/mol. The largest absolute Gasteiger partial charge is 0.481 e. The van der Waals surface area contributed by atoms with Gasteiger partial charge in [-0.15, -0.1) is 0 Å². The first-order valence-electron chi connectivity index (χ1n) is 14.0. The molecular formula is C26H54O13Si. The molecular weight excluding hydrogens is 548 g/mol. The summed E-state index contributed by atoms with van der Waals surface area (Å²) >= 11 is 0. The lowest BCUT2D eigenvalue weighted by atomic mass is 10.5. The molecule has 0 unspecified atom stereocenters. The van der Waals surface area contributed by atoms with E-state index in [0.29, 0.717) is 132 Å². The molecule has 0 amide bonds. The average Bonchev–Trinajstić information content (AvgIpc) is 2.90. The maximum absolute atomic E-state index is 10.3. The summed E-state index contributed by atoms with van der Waals surface area (Å²) in [5.74, 6) is -0.872. The zero-order valence-electron chi connectivity index (χ0n) is 24.9. The molecule has 0 radical (unpaired) electrons. The van der Waals surface area contributed by atoms with E-state index in [1.807, 2.05) is 0 Å². The molecule has 0 aromatic rings. The van der Waals surface area contributed by atoms with Crippen LogP contribution in [0.15, 0.2) is 0 Å². The van der Waals surface area contributed by atoms with Crippen LogP contribution >= 0.6 is 0 Å². The summed E-state index contributed by atoms with van der Waals surface area (Å²) in [7, 11) is -1.45. The molecule has 0 bridgehead atoms. The van der Waals surface area contributed by atoms with Crippen LogP contribution in [-0.2, 0) is 56.6 Å². The monoisotopic (exact) mass is 602 g/mol. The molecule has 0 saturated heterocycles. The second kappa shape index (κ2) is 31.2. The Kier molecular flexibility index (Phi) is 30.6. The Morgan fingerprint density at radius 1 is 0.400 bits per heavy atom. The first-order valence-corrected chi connectivity index (χ1v) is 17.5. The third-order valence-electron chi connectivity index (χ3n) is 4.57. The Morgan fingerprint density at radius 3 is 0.800 bits per heavy atom. The molecule has 0 aliphatic carbocycles. The maximum Gasteiger partial charge on any atom is 0.305 e. The third-order valence-corrected chi connectivity index (χ3v) is 5.64. The van der Waals surface area contributed by atoms with Gasteiger partial charge in [0, 0.05) is 0 Å². The molecule has 0 spiro atoms. The smallest absolute Gasteiger partial charge is 0.305 e.